The Labute approximate surface area is 306 Å². The molecule has 52 heavy (non-hydrogen) atoms. The van der Waals surface area contributed by atoms with E-state index in [4.69, 9.17) is 4.98 Å². The van der Waals surface area contributed by atoms with E-state index in [9.17, 15) is 19.5 Å². The molecule has 2 saturated heterocycles. The number of likely N-dealkylation sites (tertiary alicyclic amines) is 2. The Balaban J connectivity index is 1.11. The van der Waals surface area contributed by atoms with Crippen molar-refractivity contribution >= 4 is 17.9 Å². The number of hydrogen-bond acceptors (Lipinski definition) is 6. The summed E-state index contributed by atoms with van der Waals surface area (Å²) in [6, 6.07) is 15.5. The first-order valence-electron chi connectivity index (χ1n) is 18.6. The molecule has 0 radical (unpaired) electrons. The van der Waals surface area contributed by atoms with E-state index in [0.29, 0.717) is 12.4 Å². The number of nitrogens with one attached hydrogen (secondary N) is 2. The summed E-state index contributed by atoms with van der Waals surface area (Å²) >= 11 is 0. The normalized spacial score (nSPS) is 18.7. The molecule has 3 N–H and O–H groups in total. The molecule has 12 heteroatoms. The van der Waals surface area contributed by atoms with Crippen molar-refractivity contribution in [3.63, 3.8) is 0 Å². The van der Waals surface area contributed by atoms with Gasteiger partial charge in [-0.25, -0.2) is 14.8 Å². The van der Waals surface area contributed by atoms with Crippen LogP contribution in [0.25, 0.3) is 33.6 Å². The lowest BCUT2D eigenvalue weighted by atomic mass is 10.00. The topological polar surface area (TPSA) is 142 Å². The number of amides is 3. The van der Waals surface area contributed by atoms with Crippen LogP contribution in [0.15, 0.2) is 60.9 Å². The van der Waals surface area contributed by atoms with Crippen LogP contribution in [-0.2, 0) is 9.59 Å². The van der Waals surface area contributed by atoms with Crippen molar-refractivity contribution in [1.82, 2.24) is 39.5 Å². The number of likely N-dealkylation sites (N-methyl/N-ethyl adjacent to an activating group) is 2. The Morgan fingerprint density at radius 2 is 1.17 bits per heavy atom. The maximum Gasteiger partial charge on any atom is 0.407 e. The molecule has 4 aromatic rings. The molecule has 4 atom stereocenters. The lowest BCUT2D eigenvalue weighted by Gasteiger charge is -2.36. The predicted octanol–water partition coefficient (Wildman–Crippen LogP) is 6.83. The Morgan fingerprint density at radius 3 is 1.58 bits per heavy atom. The number of nitrogens with zero attached hydrogens (tertiary/aromatic N) is 6. The number of aromatic nitrogens is 4. The number of benzene rings is 2. The van der Waals surface area contributed by atoms with Gasteiger partial charge in [0.2, 0.25) is 11.8 Å². The second-order valence-electron chi connectivity index (χ2n) is 14.4. The second-order valence-corrected chi connectivity index (χ2v) is 14.4. The Kier molecular flexibility index (Phi) is 11.1. The second kappa shape index (κ2) is 15.7. The highest BCUT2D eigenvalue weighted by atomic mass is 16.4. The summed E-state index contributed by atoms with van der Waals surface area (Å²) in [4.78, 5) is 61.8. The number of aromatic amines is 2. The zero-order chi connectivity index (χ0) is 37.1. The maximum absolute atomic E-state index is 13.8. The molecule has 2 fully saturated rings. The van der Waals surface area contributed by atoms with Crippen LogP contribution in [0.2, 0.25) is 0 Å². The molecular weight excluding hydrogens is 656 g/mol. The van der Waals surface area contributed by atoms with Gasteiger partial charge >= 0.3 is 6.09 Å². The minimum atomic E-state index is -1.13. The molecule has 0 unspecified atom stereocenters. The van der Waals surface area contributed by atoms with Gasteiger partial charge in [-0.05, 0) is 73.9 Å². The van der Waals surface area contributed by atoms with Crippen molar-refractivity contribution in [1.29, 1.82) is 0 Å². The number of imidazole rings is 2. The predicted molar refractivity (Wildman–Crippen MR) is 201 cm³/mol. The quantitative estimate of drug-likeness (QED) is 0.147. The van der Waals surface area contributed by atoms with Crippen molar-refractivity contribution < 1.29 is 19.5 Å². The smallest absolute Gasteiger partial charge is 0.407 e. The molecule has 276 valence electrons. The van der Waals surface area contributed by atoms with Gasteiger partial charge in [-0.1, -0.05) is 76.2 Å². The van der Waals surface area contributed by atoms with Gasteiger partial charge in [0.25, 0.3) is 0 Å². The molecule has 12 nitrogen and oxygen atoms in total. The standard InChI is InChI=1S/C40H52N8O4/c1-7-46(8-2)35(25(3)4)39(50)48-22-10-12-34(48)37-42-24-32(44-37)30-19-15-28(16-20-30)27-13-17-29(18-14-27)31-23-41-36(43-31)33-11-9-21-47(33)38(49)26(5)45(6)40(51)52/h13-20,23-26,33-35H,7-12,21-22H2,1-6H3,(H,41,43)(H,42,44)(H,51,52)/t26-,33-,34-,35+/m0/s1. The van der Waals surface area contributed by atoms with Crippen LogP contribution in [0, 0.1) is 5.92 Å². The third-order valence-corrected chi connectivity index (χ3v) is 10.9. The van der Waals surface area contributed by atoms with Gasteiger partial charge in [0.05, 0.1) is 41.9 Å². The lowest BCUT2D eigenvalue weighted by Crippen LogP contribution is -2.51. The number of hydrogen-bond donors (Lipinski definition) is 3. The summed E-state index contributed by atoms with van der Waals surface area (Å²) in [6.07, 6.45) is 6.01. The summed E-state index contributed by atoms with van der Waals surface area (Å²) < 4.78 is 0. The highest BCUT2D eigenvalue weighted by Gasteiger charge is 2.39. The van der Waals surface area contributed by atoms with Gasteiger partial charge in [0, 0.05) is 20.1 Å². The van der Waals surface area contributed by atoms with Gasteiger partial charge in [0.1, 0.15) is 17.7 Å². The Hall–Kier alpha value is -4.97. The monoisotopic (exact) mass is 708 g/mol. The lowest BCUT2D eigenvalue weighted by molar-refractivity contribution is -0.140. The minimum absolute atomic E-state index is 0.0454. The van der Waals surface area contributed by atoms with E-state index in [2.05, 4.69) is 96.1 Å². The first-order chi connectivity index (χ1) is 25.0. The van der Waals surface area contributed by atoms with E-state index in [1.165, 1.54) is 7.05 Å². The fourth-order valence-corrected chi connectivity index (χ4v) is 7.84. The summed E-state index contributed by atoms with van der Waals surface area (Å²) in [6.45, 7) is 13.2. The molecular formula is C40H52N8O4. The van der Waals surface area contributed by atoms with E-state index < -0.39 is 12.1 Å². The van der Waals surface area contributed by atoms with Gasteiger partial charge < -0.3 is 24.9 Å². The van der Waals surface area contributed by atoms with Crippen LogP contribution < -0.4 is 0 Å². The van der Waals surface area contributed by atoms with Crippen molar-refractivity contribution in [3.05, 3.63) is 72.6 Å². The molecule has 2 aromatic carbocycles. The van der Waals surface area contributed by atoms with Gasteiger partial charge in [-0.2, -0.15) is 0 Å². The summed E-state index contributed by atoms with van der Waals surface area (Å²) in [5.41, 5.74) is 5.97. The van der Waals surface area contributed by atoms with E-state index in [1.54, 1.807) is 18.0 Å². The molecule has 6 rings (SSSR count). The Bertz CT molecular complexity index is 1850. The summed E-state index contributed by atoms with van der Waals surface area (Å²) in [5.74, 6) is 1.77. The average Bonchev–Trinajstić information content (AvgIpc) is 3.99. The van der Waals surface area contributed by atoms with E-state index in [-0.39, 0.29) is 35.9 Å². The minimum Gasteiger partial charge on any atom is -0.465 e. The molecule has 0 spiro atoms. The van der Waals surface area contributed by atoms with Gasteiger partial charge in [0.15, 0.2) is 0 Å². The highest BCUT2D eigenvalue weighted by molar-refractivity contribution is 5.85. The first kappa shape index (κ1) is 36.8. The number of carbonyl (C=O) groups is 3. The summed E-state index contributed by atoms with van der Waals surface area (Å²) in [7, 11) is 1.42. The number of rotatable bonds is 12. The molecule has 4 heterocycles. The molecule has 0 aliphatic carbocycles. The third kappa shape index (κ3) is 7.34. The number of carbonyl (C=O) groups excluding carboxylic acids is 2. The average molecular weight is 709 g/mol. The van der Waals surface area contributed by atoms with Crippen LogP contribution in [0.3, 0.4) is 0 Å². The molecule has 2 aromatic heterocycles. The van der Waals surface area contributed by atoms with Gasteiger partial charge in [-0.3, -0.25) is 19.4 Å². The molecule has 2 aliphatic heterocycles. The van der Waals surface area contributed by atoms with E-state index >= 15 is 0 Å². The van der Waals surface area contributed by atoms with Crippen molar-refractivity contribution in [2.24, 2.45) is 5.92 Å². The molecule has 3 amide bonds. The number of H-pyrrole nitrogens is 2. The molecule has 2 aliphatic rings. The zero-order valence-electron chi connectivity index (χ0n) is 31.2. The molecule has 0 saturated carbocycles. The van der Waals surface area contributed by atoms with Crippen molar-refractivity contribution in [3.8, 4) is 33.6 Å². The van der Waals surface area contributed by atoms with E-state index in [1.807, 2.05) is 11.1 Å². The maximum atomic E-state index is 13.8. The SMILES string of the molecule is CCN(CC)[C@@H](C(=O)N1CCC[C@H]1c1ncc(-c2ccc(-c3ccc(-c4cnc([C@@H]5CCCN5C(=O)[C@H](C)N(C)C(=O)O)[nH]4)cc3)cc2)[nH]1)C(C)C. The van der Waals surface area contributed by atoms with Crippen molar-refractivity contribution in [2.45, 2.75) is 84.5 Å². The van der Waals surface area contributed by atoms with Gasteiger partial charge in [-0.15, -0.1) is 0 Å². The zero-order valence-corrected chi connectivity index (χ0v) is 31.2. The van der Waals surface area contributed by atoms with Crippen LogP contribution in [0.5, 0.6) is 0 Å². The van der Waals surface area contributed by atoms with Crippen molar-refractivity contribution in [2.75, 3.05) is 33.2 Å². The van der Waals surface area contributed by atoms with Crippen LogP contribution >= 0.6 is 0 Å². The van der Waals surface area contributed by atoms with Crippen LogP contribution in [-0.4, -0.2) is 108 Å². The number of carboxylic acid groups (broad SMARTS) is 1. The summed E-state index contributed by atoms with van der Waals surface area (Å²) in [5, 5.41) is 9.33. The highest BCUT2D eigenvalue weighted by Crippen LogP contribution is 2.35. The fraction of sp³-hybridized carbons (Fsp3) is 0.475. The third-order valence-electron chi connectivity index (χ3n) is 10.9. The largest absolute Gasteiger partial charge is 0.465 e. The molecule has 0 bridgehead atoms. The first-order valence-corrected chi connectivity index (χ1v) is 18.6. The fourth-order valence-electron chi connectivity index (χ4n) is 7.84. The Morgan fingerprint density at radius 1 is 0.750 bits per heavy atom. The van der Waals surface area contributed by atoms with E-state index in [0.717, 1.165) is 89.7 Å². The van der Waals surface area contributed by atoms with Crippen LogP contribution in [0.1, 0.15) is 84.0 Å². The van der Waals surface area contributed by atoms with Crippen LogP contribution in [0.4, 0.5) is 4.79 Å².